The summed E-state index contributed by atoms with van der Waals surface area (Å²) < 4.78 is 14.8. The molecule has 0 spiro atoms. The van der Waals surface area contributed by atoms with E-state index in [9.17, 15) is 14.0 Å². The van der Waals surface area contributed by atoms with Crippen LogP contribution >= 0.6 is 23.4 Å². The summed E-state index contributed by atoms with van der Waals surface area (Å²) in [5, 5.41) is 3.47. The van der Waals surface area contributed by atoms with E-state index in [0.717, 1.165) is 22.6 Å². The number of carbonyl (C=O) groups is 2. The van der Waals surface area contributed by atoms with Crippen LogP contribution in [0.4, 0.5) is 10.1 Å². The van der Waals surface area contributed by atoms with E-state index in [1.165, 1.54) is 29.1 Å². The largest absolute Gasteiger partial charge is 0.349 e. The Bertz CT molecular complexity index is 1310. The second-order valence-corrected chi connectivity index (χ2v) is 11.2. The fraction of sp³-hybridized carbons (Fsp3) is 0.310. The molecule has 2 amide bonds. The van der Waals surface area contributed by atoms with Gasteiger partial charge in [0.15, 0.2) is 0 Å². The first-order chi connectivity index (χ1) is 17.3. The Morgan fingerprint density at radius 1 is 1.08 bits per heavy atom. The van der Waals surface area contributed by atoms with Gasteiger partial charge in [-0.1, -0.05) is 68.3 Å². The molecule has 3 atom stereocenters. The van der Waals surface area contributed by atoms with Crippen LogP contribution in [0.5, 0.6) is 0 Å². The summed E-state index contributed by atoms with van der Waals surface area (Å²) in [4.78, 5) is 30.2. The molecule has 4 nitrogen and oxygen atoms in total. The first kappa shape index (κ1) is 24.8. The number of benzene rings is 3. The van der Waals surface area contributed by atoms with Gasteiger partial charge in [0, 0.05) is 32.0 Å². The van der Waals surface area contributed by atoms with Gasteiger partial charge in [-0.25, -0.2) is 4.39 Å². The maximum atomic E-state index is 14.8. The standard InChI is InChI=1S/C29H28ClFN2O2S/c1-17-7-5-11-24(18(17)2)32-28(34)19-13-14-27-25(15-19)33(16-21-22(30)9-6-10-23(21)31)29(35)20-8-3-4-12-26(20)36-27/h3-4,6,8-10,12-15,17-18,24H,5,7,11,16H2,1-2H3,(H,32,34)/t17-,18-,24+/m1/s1. The first-order valence-corrected chi connectivity index (χ1v) is 13.5. The number of nitrogens with zero attached hydrogens (tertiary/aromatic N) is 1. The molecule has 186 valence electrons. The summed E-state index contributed by atoms with van der Waals surface area (Å²) in [6, 6.07) is 17.4. The van der Waals surface area contributed by atoms with Crippen LogP contribution in [0, 0.1) is 17.7 Å². The summed E-state index contributed by atoms with van der Waals surface area (Å²) in [5.74, 6) is 0.0612. The molecule has 0 saturated heterocycles. The molecule has 2 aliphatic rings. The topological polar surface area (TPSA) is 49.4 Å². The van der Waals surface area contributed by atoms with Gasteiger partial charge >= 0.3 is 0 Å². The van der Waals surface area contributed by atoms with Crippen LogP contribution in [0.15, 0.2) is 70.5 Å². The molecule has 3 aromatic carbocycles. The minimum absolute atomic E-state index is 0.0471. The number of amides is 2. The Hall–Kier alpha value is -2.83. The highest BCUT2D eigenvalue weighted by atomic mass is 35.5. The van der Waals surface area contributed by atoms with Crippen LogP contribution in [0.1, 0.15) is 59.4 Å². The Morgan fingerprint density at radius 3 is 2.69 bits per heavy atom. The highest BCUT2D eigenvalue weighted by molar-refractivity contribution is 7.99. The second kappa shape index (κ2) is 10.3. The molecular formula is C29H28ClFN2O2S. The number of fused-ring (bicyclic) bond motifs is 2. The van der Waals surface area contributed by atoms with Gasteiger partial charge in [-0.2, -0.15) is 0 Å². The van der Waals surface area contributed by atoms with Crippen molar-refractivity contribution >= 4 is 40.9 Å². The van der Waals surface area contributed by atoms with Gasteiger partial charge in [-0.05, 0) is 60.7 Å². The smallest absolute Gasteiger partial charge is 0.259 e. The molecule has 36 heavy (non-hydrogen) atoms. The van der Waals surface area contributed by atoms with Crippen molar-refractivity contribution in [3.8, 4) is 0 Å². The molecule has 1 aliphatic carbocycles. The summed E-state index contributed by atoms with van der Waals surface area (Å²) in [6.07, 6.45) is 3.24. The SMILES string of the molecule is C[C@@H]1[C@H](C)CCC[C@@H]1NC(=O)c1ccc2c(c1)N(Cc1c(F)cccc1Cl)C(=O)c1ccccc1S2. The van der Waals surface area contributed by atoms with Gasteiger partial charge in [0.2, 0.25) is 0 Å². The Labute approximate surface area is 220 Å². The Kier molecular flexibility index (Phi) is 7.09. The molecule has 0 unspecified atom stereocenters. The molecular weight excluding hydrogens is 495 g/mol. The number of halogens is 2. The predicted octanol–water partition coefficient (Wildman–Crippen LogP) is 7.35. The molecule has 1 heterocycles. The Morgan fingerprint density at radius 2 is 1.89 bits per heavy atom. The minimum Gasteiger partial charge on any atom is -0.349 e. The van der Waals surface area contributed by atoms with E-state index in [4.69, 9.17) is 11.6 Å². The van der Waals surface area contributed by atoms with Gasteiger partial charge in [0.05, 0.1) is 17.8 Å². The minimum atomic E-state index is -0.476. The Balaban J connectivity index is 1.53. The molecule has 1 fully saturated rings. The number of hydrogen-bond donors (Lipinski definition) is 1. The van der Waals surface area contributed by atoms with E-state index >= 15 is 0 Å². The molecule has 1 N–H and O–H groups in total. The lowest BCUT2D eigenvalue weighted by Gasteiger charge is -2.34. The third kappa shape index (κ3) is 4.76. The maximum Gasteiger partial charge on any atom is 0.259 e. The lowest BCUT2D eigenvalue weighted by Crippen LogP contribution is -2.43. The number of hydrogen-bond acceptors (Lipinski definition) is 3. The summed E-state index contributed by atoms with van der Waals surface area (Å²) in [7, 11) is 0. The monoisotopic (exact) mass is 522 g/mol. The highest BCUT2D eigenvalue weighted by Crippen LogP contribution is 2.43. The highest BCUT2D eigenvalue weighted by Gasteiger charge is 2.31. The summed E-state index contributed by atoms with van der Waals surface area (Å²) in [5.41, 5.74) is 1.81. The lowest BCUT2D eigenvalue weighted by atomic mass is 9.78. The predicted molar refractivity (Wildman–Crippen MR) is 142 cm³/mol. The van der Waals surface area contributed by atoms with Crippen molar-refractivity contribution in [2.45, 2.75) is 55.5 Å². The number of anilines is 1. The third-order valence-corrected chi connectivity index (χ3v) is 8.99. The zero-order chi connectivity index (χ0) is 25.4. The number of nitrogens with one attached hydrogen (secondary N) is 1. The van der Waals surface area contributed by atoms with Gasteiger partial charge in [0.1, 0.15) is 5.82 Å². The molecule has 0 aromatic heterocycles. The van der Waals surface area contributed by atoms with Crippen molar-refractivity contribution in [2.24, 2.45) is 11.8 Å². The van der Waals surface area contributed by atoms with Gasteiger partial charge in [0.25, 0.3) is 11.8 Å². The van der Waals surface area contributed by atoms with Crippen LogP contribution in [-0.2, 0) is 6.54 Å². The zero-order valence-electron chi connectivity index (χ0n) is 20.3. The van der Waals surface area contributed by atoms with Crippen molar-refractivity contribution in [3.63, 3.8) is 0 Å². The van der Waals surface area contributed by atoms with Crippen LogP contribution in [0.25, 0.3) is 0 Å². The van der Waals surface area contributed by atoms with Crippen LogP contribution in [0.3, 0.4) is 0 Å². The molecule has 1 saturated carbocycles. The van der Waals surface area contributed by atoms with E-state index in [1.54, 1.807) is 30.3 Å². The van der Waals surface area contributed by atoms with E-state index in [0.29, 0.717) is 28.7 Å². The van der Waals surface area contributed by atoms with E-state index < -0.39 is 5.82 Å². The van der Waals surface area contributed by atoms with E-state index in [2.05, 4.69) is 19.2 Å². The fourth-order valence-electron chi connectivity index (χ4n) is 5.10. The van der Waals surface area contributed by atoms with Crippen molar-refractivity contribution in [3.05, 3.63) is 88.2 Å². The van der Waals surface area contributed by atoms with Crippen LogP contribution in [0.2, 0.25) is 5.02 Å². The lowest BCUT2D eigenvalue weighted by molar-refractivity contribution is 0.0889. The van der Waals surface area contributed by atoms with Crippen LogP contribution in [-0.4, -0.2) is 17.9 Å². The quantitative estimate of drug-likeness (QED) is 0.390. The van der Waals surface area contributed by atoms with E-state index in [1.807, 2.05) is 24.3 Å². The summed E-state index contributed by atoms with van der Waals surface area (Å²) in [6.45, 7) is 4.38. The molecule has 0 radical (unpaired) electrons. The van der Waals surface area contributed by atoms with Crippen LogP contribution < -0.4 is 10.2 Å². The second-order valence-electron chi connectivity index (χ2n) is 9.72. The normalized spacial score (nSPS) is 21.4. The van der Waals surface area contributed by atoms with Crippen molar-refractivity contribution < 1.29 is 14.0 Å². The third-order valence-electron chi connectivity index (χ3n) is 7.50. The molecule has 1 aliphatic heterocycles. The zero-order valence-corrected chi connectivity index (χ0v) is 21.8. The van der Waals surface area contributed by atoms with Crippen molar-refractivity contribution in [2.75, 3.05) is 4.90 Å². The number of rotatable bonds is 4. The molecule has 0 bridgehead atoms. The van der Waals surface area contributed by atoms with E-state index in [-0.39, 0.29) is 35.0 Å². The number of carbonyl (C=O) groups excluding carboxylic acids is 2. The molecule has 7 heteroatoms. The first-order valence-electron chi connectivity index (χ1n) is 12.3. The molecule has 3 aromatic rings. The van der Waals surface area contributed by atoms with Gasteiger partial charge < -0.3 is 10.2 Å². The molecule has 5 rings (SSSR count). The average Bonchev–Trinajstić information content (AvgIpc) is 2.98. The van der Waals surface area contributed by atoms with Crippen molar-refractivity contribution in [1.82, 2.24) is 5.32 Å². The fourth-order valence-corrected chi connectivity index (χ4v) is 6.38. The van der Waals surface area contributed by atoms with Gasteiger partial charge in [-0.15, -0.1) is 0 Å². The van der Waals surface area contributed by atoms with Crippen molar-refractivity contribution in [1.29, 1.82) is 0 Å². The maximum absolute atomic E-state index is 14.8. The average molecular weight is 523 g/mol. The summed E-state index contributed by atoms with van der Waals surface area (Å²) >= 11 is 7.80. The van der Waals surface area contributed by atoms with Gasteiger partial charge in [-0.3, -0.25) is 9.59 Å².